The van der Waals surface area contributed by atoms with Crippen molar-refractivity contribution in [3.8, 4) is 0 Å². The summed E-state index contributed by atoms with van der Waals surface area (Å²) >= 11 is 1.40. The number of hydrogen-bond acceptors (Lipinski definition) is 5. The Bertz CT molecular complexity index is 896. The molecule has 0 bridgehead atoms. The zero-order valence-electron chi connectivity index (χ0n) is 17.2. The quantitative estimate of drug-likeness (QED) is 0.562. The van der Waals surface area contributed by atoms with Crippen LogP contribution in [0.25, 0.3) is 0 Å². The molecule has 3 aromatic rings. The predicted octanol–water partition coefficient (Wildman–Crippen LogP) is 4.61. The van der Waals surface area contributed by atoms with Gasteiger partial charge in [-0.2, -0.15) is 4.37 Å². The highest BCUT2D eigenvalue weighted by Gasteiger charge is 2.18. The SMILES string of the molecule is CC(NC(=O)CCN(c1nc(Cc2ccccc2)ns1)C(C)C)c1ccccc1. The molecule has 0 fully saturated rings. The van der Waals surface area contributed by atoms with Crippen molar-refractivity contribution in [2.45, 2.75) is 45.7 Å². The van der Waals surface area contributed by atoms with E-state index in [4.69, 9.17) is 4.98 Å². The van der Waals surface area contributed by atoms with Crippen LogP contribution in [0, 0.1) is 0 Å². The first-order valence-electron chi connectivity index (χ1n) is 10.0. The van der Waals surface area contributed by atoms with E-state index in [1.165, 1.54) is 17.1 Å². The molecule has 1 N–H and O–H groups in total. The summed E-state index contributed by atoms with van der Waals surface area (Å²) in [5.74, 6) is 0.866. The molecule has 0 saturated heterocycles. The Morgan fingerprint density at radius 1 is 1.03 bits per heavy atom. The number of nitrogens with one attached hydrogen (secondary N) is 1. The van der Waals surface area contributed by atoms with Gasteiger partial charge in [-0.3, -0.25) is 4.79 Å². The second-order valence-electron chi connectivity index (χ2n) is 7.39. The van der Waals surface area contributed by atoms with E-state index in [0.29, 0.717) is 13.0 Å². The summed E-state index contributed by atoms with van der Waals surface area (Å²) in [4.78, 5) is 19.3. The van der Waals surface area contributed by atoms with Crippen LogP contribution in [0.3, 0.4) is 0 Å². The molecule has 0 radical (unpaired) electrons. The summed E-state index contributed by atoms with van der Waals surface area (Å²) in [6.45, 7) is 6.85. The van der Waals surface area contributed by atoms with Crippen molar-refractivity contribution in [2.75, 3.05) is 11.4 Å². The predicted molar refractivity (Wildman–Crippen MR) is 119 cm³/mol. The first kappa shape index (κ1) is 21.0. The van der Waals surface area contributed by atoms with Gasteiger partial charge in [-0.25, -0.2) is 4.98 Å². The lowest BCUT2D eigenvalue weighted by atomic mass is 10.1. The summed E-state index contributed by atoms with van der Waals surface area (Å²) < 4.78 is 4.52. The number of anilines is 1. The van der Waals surface area contributed by atoms with Crippen LogP contribution < -0.4 is 10.2 Å². The highest BCUT2D eigenvalue weighted by molar-refractivity contribution is 7.09. The lowest BCUT2D eigenvalue weighted by molar-refractivity contribution is -0.121. The zero-order chi connectivity index (χ0) is 20.6. The molecule has 3 rings (SSSR count). The molecule has 1 unspecified atom stereocenters. The molecule has 0 aliphatic heterocycles. The Kier molecular flexibility index (Phi) is 7.36. The molecule has 5 nitrogen and oxygen atoms in total. The average Bonchev–Trinajstić information content (AvgIpc) is 3.17. The molecule has 6 heteroatoms. The fourth-order valence-electron chi connectivity index (χ4n) is 3.15. The Morgan fingerprint density at radius 2 is 1.69 bits per heavy atom. The summed E-state index contributed by atoms with van der Waals surface area (Å²) in [6.07, 6.45) is 1.14. The molecule has 0 aliphatic rings. The highest BCUT2D eigenvalue weighted by Crippen LogP contribution is 2.21. The van der Waals surface area contributed by atoms with Crippen LogP contribution in [0.5, 0.6) is 0 Å². The minimum Gasteiger partial charge on any atom is -0.350 e. The van der Waals surface area contributed by atoms with Crippen molar-refractivity contribution >= 4 is 22.6 Å². The number of carbonyl (C=O) groups is 1. The fourth-order valence-corrected chi connectivity index (χ4v) is 3.99. The molecule has 29 heavy (non-hydrogen) atoms. The van der Waals surface area contributed by atoms with Gasteiger partial charge in [-0.1, -0.05) is 60.7 Å². The highest BCUT2D eigenvalue weighted by atomic mass is 32.1. The number of hydrogen-bond donors (Lipinski definition) is 1. The number of amides is 1. The van der Waals surface area contributed by atoms with E-state index in [2.05, 4.69) is 40.6 Å². The molecule has 1 heterocycles. The van der Waals surface area contributed by atoms with Crippen LogP contribution in [0.1, 0.15) is 50.2 Å². The van der Waals surface area contributed by atoms with Gasteiger partial charge in [0.2, 0.25) is 11.0 Å². The average molecular weight is 409 g/mol. The Labute approximate surface area is 177 Å². The van der Waals surface area contributed by atoms with Crippen molar-refractivity contribution in [2.24, 2.45) is 0 Å². The van der Waals surface area contributed by atoms with Gasteiger partial charge in [0.1, 0.15) is 5.82 Å². The van der Waals surface area contributed by atoms with Crippen LogP contribution in [0.4, 0.5) is 5.13 Å². The molecule has 1 atom stereocenters. The topological polar surface area (TPSA) is 58.1 Å². The first-order chi connectivity index (χ1) is 14.0. The maximum absolute atomic E-state index is 12.5. The Balaban J connectivity index is 1.57. The molecular weight excluding hydrogens is 380 g/mol. The molecule has 0 spiro atoms. The lowest BCUT2D eigenvalue weighted by Crippen LogP contribution is -2.36. The minimum absolute atomic E-state index is 0.00444. The Morgan fingerprint density at radius 3 is 2.34 bits per heavy atom. The van der Waals surface area contributed by atoms with Crippen LogP contribution >= 0.6 is 11.5 Å². The molecule has 1 amide bonds. The van der Waals surface area contributed by atoms with Gasteiger partial charge in [0.15, 0.2) is 0 Å². The van der Waals surface area contributed by atoms with Crippen molar-refractivity contribution < 1.29 is 4.79 Å². The van der Waals surface area contributed by atoms with Crippen LogP contribution in [0.2, 0.25) is 0 Å². The number of carbonyl (C=O) groups excluding carboxylic acids is 1. The molecule has 1 aromatic heterocycles. The van der Waals surface area contributed by atoms with Gasteiger partial charge in [0.25, 0.3) is 0 Å². The van der Waals surface area contributed by atoms with Crippen molar-refractivity contribution in [1.29, 1.82) is 0 Å². The minimum atomic E-state index is -0.00444. The molecule has 0 aliphatic carbocycles. The van der Waals surface area contributed by atoms with Crippen molar-refractivity contribution in [3.63, 3.8) is 0 Å². The normalized spacial score (nSPS) is 12.0. The maximum atomic E-state index is 12.5. The van der Waals surface area contributed by atoms with Crippen molar-refractivity contribution in [3.05, 3.63) is 77.6 Å². The number of nitrogens with zero attached hydrogens (tertiary/aromatic N) is 3. The fraction of sp³-hybridized carbons (Fsp3) is 0.348. The van der Waals surface area contributed by atoms with E-state index in [1.54, 1.807) is 0 Å². The van der Waals surface area contributed by atoms with E-state index in [0.717, 1.165) is 22.9 Å². The van der Waals surface area contributed by atoms with Gasteiger partial charge in [0, 0.05) is 37.0 Å². The smallest absolute Gasteiger partial charge is 0.222 e. The van der Waals surface area contributed by atoms with E-state index < -0.39 is 0 Å². The summed E-state index contributed by atoms with van der Waals surface area (Å²) in [5, 5.41) is 3.95. The molecule has 2 aromatic carbocycles. The van der Waals surface area contributed by atoms with Gasteiger partial charge in [0.05, 0.1) is 6.04 Å². The van der Waals surface area contributed by atoms with Gasteiger partial charge in [-0.15, -0.1) is 0 Å². The maximum Gasteiger partial charge on any atom is 0.222 e. The molecule has 152 valence electrons. The zero-order valence-corrected chi connectivity index (χ0v) is 18.0. The largest absolute Gasteiger partial charge is 0.350 e. The Hall–Kier alpha value is -2.73. The molecular formula is C23H28N4OS. The summed E-state index contributed by atoms with van der Waals surface area (Å²) in [7, 11) is 0. The van der Waals surface area contributed by atoms with E-state index in [-0.39, 0.29) is 18.0 Å². The number of benzene rings is 2. The summed E-state index contributed by atoms with van der Waals surface area (Å²) in [5.41, 5.74) is 2.30. The number of aromatic nitrogens is 2. The first-order valence-corrected chi connectivity index (χ1v) is 10.8. The van der Waals surface area contributed by atoms with Gasteiger partial charge in [-0.05, 0) is 31.9 Å². The second kappa shape index (κ2) is 10.2. The van der Waals surface area contributed by atoms with E-state index in [9.17, 15) is 4.79 Å². The van der Waals surface area contributed by atoms with E-state index in [1.807, 2.05) is 55.5 Å². The third kappa shape index (κ3) is 6.12. The van der Waals surface area contributed by atoms with Gasteiger partial charge >= 0.3 is 0 Å². The van der Waals surface area contributed by atoms with Crippen molar-refractivity contribution in [1.82, 2.24) is 14.7 Å². The van der Waals surface area contributed by atoms with Gasteiger partial charge < -0.3 is 10.2 Å². The van der Waals surface area contributed by atoms with Crippen LogP contribution in [0.15, 0.2) is 60.7 Å². The van der Waals surface area contributed by atoms with Crippen LogP contribution in [-0.2, 0) is 11.2 Å². The van der Waals surface area contributed by atoms with E-state index >= 15 is 0 Å². The lowest BCUT2D eigenvalue weighted by Gasteiger charge is -2.25. The monoisotopic (exact) mass is 408 g/mol. The summed E-state index contributed by atoms with van der Waals surface area (Å²) in [6, 6.07) is 20.5. The standard InChI is InChI=1S/C23H28N4OS/c1-17(2)27(15-14-22(28)24-18(3)20-12-8-5-9-13-20)23-25-21(26-29-23)16-19-10-6-4-7-11-19/h4-13,17-18H,14-16H2,1-3H3,(H,24,28). The third-order valence-electron chi connectivity index (χ3n) is 4.79. The molecule has 0 saturated carbocycles. The number of rotatable bonds is 9. The van der Waals surface area contributed by atoms with Crippen LogP contribution in [-0.4, -0.2) is 27.9 Å². The second-order valence-corrected chi connectivity index (χ2v) is 8.12. The third-order valence-corrected chi connectivity index (χ3v) is 5.58.